The molecule has 0 radical (unpaired) electrons. The van der Waals surface area contributed by atoms with E-state index in [2.05, 4.69) is 5.32 Å². The van der Waals surface area contributed by atoms with Gasteiger partial charge in [0.25, 0.3) is 0 Å². The molecule has 0 bridgehead atoms. The lowest BCUT2D eigenvalue weighted by Crippen LogP contribution is -2.31. The van der Waals surface area contributed by atoms with E-state index in [1.165, 1.54) is 23.1 Å². The highest BCUT2D eigenvalue weighted by Gasteiger charge is 2.09. The smallest absolute Gasteiger partial charge is 0.328 e. The van der Waals surface area contributed by atoms with Crippen LogP contribution in [0.25, 0.3) is 6.08 Å². The largest absolute Gasteiger partial charge is 0.478 e. The number of anilines is 1. The van der Waals surface area contributed by atoms with Crippen molar-refractivity contribution in [1.29, 1.82) is 0 Å². The molecule has 5 nitrogen and oxygen atoms in total. The number of hydrogen-bond donors (Lipinski definition) is 2. The Kier molecular flexibility index (Phi) is 5.05. The number of benzene rings is 1. The van der Waals surface area contributed by atoms with Gasteiger partial charge >= 0.3 is 12.0 Å². The zero-order valence-electron chi connectivity index (χ0n) is 10.7. The second-order valence-corrected chi connectivity index (χ2v) is 3.86. The average molecular weight is 266 g/mol. The molecule has 0 heterocycles. The van der Waals surface area contributed by atoms with Crippen LogP contribution in [0.3, 0.4) is 0 Å². The summed E-state index contributed by atoms with van der Waals surface area (Å²) in [6.07, 6.45) is 2.19. The Morgan fingerprint density at radius 1 is 1.47 bits per heavy atom. The topological polar surface area (TPSA) is 69.6 Å². The molecule has 2 amide bonds. The monoisotopic (exact) mass is 266 g/mol. The Bertz CT molecular complexity index is 515. The fraction of sp³-hybridized carbons (Fsp3) is 0.231. The zero-order chi connectivity index (χ0) is 14.4. The van der Waals surface area contributed by atoms with Crippen LogP contribution in [0.1, 0.15) is 12.5 Å². The van der Waals surface area contributed by atoms with Gasteiger partial charge in [0.05, 0.1) is 5.69 Å². The van der Waals surface area contributed by atoms with Crippen molar-refractivity contribution < 1.29 is 19.1 Å². The van der Waals surface area contributed by atoms with Crippen molar-refractivity contribution in [2.45, 2.75) is 6.92 Å². The fourth-order valence-electron chi connectivity index (χ4n) is 1.26. The number of carboxylic acids is 1. The minimum absolute atomic E-state index is 0.0535. The van der Waals surface area contributed by atoms with E-state index in [0.29, 0.717) is 12.1 Å². The molecule has 0 saturated carbocycles. The summed E-state index contributed by atoms with van der Waals surface area (Å²) < 4.78 is 13.7. The first-order valence-electron chi connectivity index (χ1n) is 5.66. The summed E-state index contributed by atoms with van der Waals surface area (Å²) in [6.45, 7) is 2.31. The highest BCUT2D eigenvalue weighted by molar-refractivity contribution is 5.89. The number of carbonyl (C=O) groups is 2. The first kappa shape index (κ1) is 14.7. The third-order valence-electron chi connectivity index (χ3n) is 2.47. The molecule has 102 valence electrons. The van der Waals surface area contributed by atoms with Crippen LogP contribution in [0.4, 0.5) is 14.9 Å². The predicted octanol–water partition coefficient (Wildman–Crippen LogP) is 2.41. The molecule has 2 N–H and O–H groups in total. The van der Waals surface area contributed by atoms with Crippen LogP contribution in [0, 0.1) is 5.82 Å². The van der Waals surface area contributed by atoms with E-state index in [0.717, 1.165) is 12.1 Å². The molecule has 1 aromatic rings. The molecule has 0 aliphatic heterocycles. The summed E-state index contributed by atoms with van der Waals surface area (Å²) in [5, 5.41) is 10.9. The number of carboxylic acid groups (broad SMARTS) is 1. The van der Waals surface area contributed by atoms with E-state index in [4.69, 9.17) is 5.11 Å². The van der Waals surface area contributed by atoms with Gasteiger partial charge in [0.1, 0.15) is 5.82 Å². The summed E-state index contributed by atoms with van der Waals surface area (Å²) >= 11 is 0. The van der Waals surface area contributed by atoms with Gasteiger partial charge in [-0.2, -0.15) is 0 Å². The predicted molar refractivity (Wildman–Crippen MR) is 70.4 cm³/mol. The van der Waals surface area contributed by atoms with Gasteiger partial charge in [-0.1, -0.05) is 6.07 Å². The fourth-order valence-corrected chi connectivity index (χ4v) is 1.26. The third kappa shape index (κ3) is 4.42. The van der Waals surface area contributed by atoms with Gasteiger partial charge in [-0.3, -0.25) is 0 Å². The van der Waals surface area contributed by atoms with Crippen molar-refractivity contribution in [3.63, 3.8) is 0 Å². The highest BCUT2D eigenvalue weighted by Crippen LogP contribution is 2.17. The van der Waals surface area contributed by atoms with Crippen molar-refractivity contribution in [2.75, 3.05) is 18.9 Å². The van der Waals surface area contributed by atoms with E-state index < -0.39 is 17.8 Å². The van der Waals surface area contributed by atoms with Crippen LogP contribution in [-0.4, -0.2) is 35.6 Å². The number of halogens is 1. The minimum atomic E-state index is -1.11. The molecule has 0 spiro atoms. The Morgan fingerprint density at radius 3 is 2.68 bits per heavy atom. The number of nitrogens with one attached hydrogen (secondary N) is 1. The van der Waals surface area contributed by atoms with Gasteiger partial charge in [0.15, 0.2) is 0 Å². The molecule has 6 heteroatoms. The molecule has 0 aliphatic carbocycles. The average Bonchev–Trinajstić information content (AvgIpc) is 2.38. The van der Waals surface area contributed by atoms with Crippen molar-refractivity contribution >= 4 is 23.8 Å². The molecule has 0 saturated heterocycles. The quantitative estimate of drug-likeness (QED) is 0.822. The SMILES string of the molecule is CCN(C)C(=O)Nc1ccc(C=CC(=O)O)cc1F. The van der Waals surface area contributed by atoms with Crippen LogP contribution in [-0.2, 0) is 4.79 Å². The lowest BCUT2D eigenvalue weighted by atomic mass is 10.2. The van der Waals surface area contributed by atoms with Gasteiger partial charge in [-0.05, 0) is 30.7 Å². The molecule has 0 unspecified atom stereocenters. The summed E-state index contributed by atoms with van der Waals surface area (Å²) in [7, 11) is 1.59. The third-order valence-corrected chi connectivity index (χ3v) is 2.47. The number of aliphatic carboxylic acids is 1. The van der Waals surface area contributed by atoms with Crippen LogP contribution in [0.5, 0.6) is 0 Å². The standard InChI is InChI=1S/C13H15FN2O3/c1-3-16(2)13(19)15-11-6-4-9(8-10(11)14)5-7-12(17)18/h4-8H,3H2,1-2H3,(H,15,19)(H,17,18). The van der Waals surface area contributed by atoms with Crippen molar-refractivity contribution in [3.05, 3.63) is 35.7 Å². The maximum atomic E-state index is 13.7. The van der Waals surface area contributed by atoms with Gasteiger partial charge in [0, 0.05) is 19.7 Å². The number of rotatable bonds is 4. The van der Waals surface area contributed by atoms with E-state index in [1.54, 1.807) is 14.0 Å². The molecule has 0 atom stereocenters. The van der Waals surface area contributed by atoms with Crippen LogP contribution in [0.15, 0.2) is 24.3 Å². The summed E-state index contributed by atoms with van der Waals surface area (Å²) in [5.41, 5.74) is 0.458. The van der Waals surface area contributed by atoms with Gasteiger partial charge < -0.3 is 15.3 Å². The van der Waals surface area contributed by atoms with Crippen LogP contribution < -0.4 is 5.32 Å². The molecule has 1 aromatic carbocycles. The Labute approximate surface area is 110 Å². The maximum absolute atomic E-state index is 13.7. The molecular formula is C13H15FN2O3. The maximum Gasteiger partial charge on any atom is 0.328 e. The second kappa shape index (κ2) is 6.53. The van der Waals surface area contributed by atoms with E-state index >= 15 is 0 Å². The Morgan fingerprint density at radius 2 is 2.16 bits per heavy atom. The highest BCUT2D eigenvalue weighted by atomic mass is 19.1. The van der Waals surface area contributed by atoms with Crippen LogP contribution in [0.2, 0.25) is 0 Å². The minimum Gasteiger partial charge on any atom is -0.478 e. The molecule has 1 rings (SSSR count). The zero-order valence-corrected chi connectivity index (χ0v) is 10.7. The molecule has 19 heavy (non-hydrogen) atoms. The molecule has 0 aliphatic rings. The van der Waals surface area contributed by atoms with Gasteiger partial charge in [0.2, 0.25) is 0 Å². The number of hydrogen-bond acceptors (Lipinski definition) is 2. The number of amides is 2. The Hall–Kier alpha value is -2.37. The van der Waals surface area contributed by atoms with E-state index in [1.807, 2.05) is 0 Å². The molecule has 0 aromatic heterocycles. The second-order valence-electron chi connectivity index (χ2n) is 3.86. The number of carbonyl (C=O) groups excluding carboxylic acids is 1. The first-order valence-corrected chi connectivity index (χ1v) is 5.66. The first-order chi connectivity index (χ1) is 8.93. The van der Waals surface area contributed by atoms with E-state index in [-0.39, 0.29) is 5.69 Å². The summed E-state index contributed by atoms with van der Waals surface area (Å²) in [4.78, 5) is 23.3. The number of nitrogens with zero attached hydrogens (tertiary/aromatic N) is 1. The Balaban J connectivity index is 2.83. The van der Waals surface area contributed by atoms with Crippen molar-refractivity contribution in [3.8, 4) is 0 Å². The van der Waals surface area contributed by atoms with Crippen molar-refractivity contribution in [1.82, 2.24) is 4.90 Å². The lowest BCUT2D eigenvalue weighted by Gasteiger charge is -2.15. The number of urea groups is 1. The summed E-state index contributed by atoms with van der Waals surface area (Å²) in [6, 6.07) is 3.65. The summed E-state index contributed by atoms with van der Waals surface area (Å²) in [5.74, 6) is -1.73. The molecule has 0 fully saturated rings. The lowest BCUT2D eigenvalue weighted by molar-refractivity contribution is -0.131. The normalized spacial score (nSPS) is 10.5. The van der Waals surface area contributed by atoms with Crippen LogP contribution >= 0.6 is 0 Å². The van der Waals surface area contributed by atoms with Crippen molar-refractivity contribution in [2.24, 2.45) is 0 Å². The molecular weight excluding hydrogens is 251 g/mol. The van der Waals surface area contributed by atoms with Gasteiger partial charge in [-0.25, -0.2) is 14.0 Å². The van der Waals surface area contributed by atoms with E-state index in [9.17, 15) is 14.0 Å². The van der Waals surface area contributed by atoms with Gasteiger partial charge in [-0.15, -0.1) is 0 Å².